The standard InChI is InChI=1S/C16H15N3O2/c1-10-2-5-12(6-3-10)17-15(20)9-11-4-7-13-14(8-11)19-16(21)18-13/h2-8H,9H2,1H3,(H,17,20)(H2,18,19,21). The smallest absolute Gasteiger partial charge is 0.323 e. The first-order valence-electron chi connectivity index (χ1n) is 6.67. The molecule has 0 spiro atoms. The third-order valence-corrected chi connectivity index (χ3v) is 3.28. The van der Waals surface area contributed by atoms with E-state index in [4.69, 9.17) is 0 Å². The summed E-state index contributed by atoms with van der Waals surface area (Å²) in [4.78, 5) is 28.6. The maximum atomic E-state index is 12.0. The fourth-order valence-corrected chi connectivity index (χ4v) is 2.22. The molecule has 1 aromatic heterocycles. The number of amides is 1. The van der Waals surface area contributed by atoms with Gasteiger partial charge in [-0.3, -0.25) is 4.79 Å². The van der Waals surface area contributed by atoms with Crippen LogP contribution in [0.1, 0.15) is 11.1 Å². The summed E-state index contributed by atoms with van der Waals surface area (Å²) in [6.45, 7) is 2.00. The molecule has 1 heterocycles. The maximum absolute atomic E-state index is 12.0. The van der Waals surface area contributed by atoms with E-state index in [1.54, 1.807) is 6.07 Å². The zero-order valence-corrected chi connectivity index (χ0v) is 11.6. The highest BCUT2D eigenvalue weighted by Crippen LogP contribution is 2.13. The van der Waals surface area contributed by atoms with Crippen molar-refractivity contribution in [3.63, 3.8) is 0 Å². The van der Waals surface area contributed by atoms with Gasteiger partial charge in [0.1, 0.15) is 0 Å². The quantitative estimate of drug-likeness (QED) is 0.689. The van der Waals surface area contributed by atoms with Crippen molar-refractivity contribution in [1.82, 2.24) is 9.97 Å². The van der Waals surface area contributed by atoms with Crippen LogP contribution >= 0.6 is 0 Å². The molecule has 1 amide bonds. The molecule has 106 valence electrons. The van der Waals surface area contributed by atoms with Crippen molar-refractivity contribution in [2.24, 2.45) is 0 Å². The van der Waals surface area contributed by atoms with Gasteiger partial charge in [0.25, 0.3) is 0 Å². The number of carbonyl (C=O) groups is 1. The molecule has 0 fully saturated rings. The van der Waals surface area contributed by atoms with Crippen molar-refractivity contribution in [2.75, 3.05) is 5.32 Å². The Morgan fingerprint density at radius 2 is 1.76 bits per heavy atom. The Kier molecular flexibility index (Phi) is 3.31. The minimum Gasteiger partial charge on any atom is -0.326 e. The van der Waals surface area contributed by atoms with Gasteiger partial charge >= 0.3 is 5.69 Å². The van der Waals surface area contributed by atoms with Crippen LogP contribution in [0.5, 0.6) is 0 Å². The monoisotopic (exact) mass is 281 g/mol. The predicted octanol–water partition coefficient (Wildman–Crippen LogP) is 2.35. The molecule has 0 aliphatic carbocycles. The summed E-state index contributed by atoms with van der Waals surface area (Å²) in [5.41, 5.74) is 3.98. The fraction of sp³-hybridized carbons (Fsp3) is 0.125. The Hall–Kier alpha value is -2.82. The molecule has 5 heteroatoms. The molecule has 0 saturated heterocycles. The van der Waals surface area contributed by atoms with Gasteiger partial charge in [0.05, 0.1) is 17.5 Å². The van der Waals surface area contributed by atoms with E-state index in [9.17, 15) is 9.59 Å². The number of anilines is 1. The molecule has 3 N–H and O–H groups in total. The number of hydrogen-bond acceptors (Lipinski definition) is 2. The molecule has 0 radical (unpaired) electrons. The van der Waals surface area contributed by atoms with Crippen molar-refractivity contribution in [1.29, 1.82) is 0 Å². The van der Waals surface area contributed by atoms with Gasteiger partial charge in [-0.15, -0.1) is 0 Å². The number of aromatic nitrogens is 2. The van der Waals surface area contributed by atoms with Crippen LogP contribution < -0.4 is 11.0 Å². The minimum atomic E-state index is -0.244. The lowest BCUT2D eigenvalue weighted by Gasteiger charge is -2.05. The van der Waals surface area contributed by atoms with Crippen LogP contribution in [0, 0.1) is 6.92 Å². The van der Waals surface area contributed by atoms with Crippen LogP contribution in [0.4, 0.5) is 5.69 Å². The van der Waals surface area contributed by atoms with E-state index in [1.807, 2.05) is 43.3 Å². The van der Waals surface area contributed by atoms with Crippen LogP contribution in [-0.4, -0.2) is 15.9 Å². The number of imidazole rings is 1. The zero-order valence-electron chi connectivity index (χ0n) is 11.6. The highest BCUT2D eigenvalue weighted by atomic mass is 16.1. The number of H-pyrrole nitrogens is 2. The van der Waals surface area contributed by atoms with Crippen LogP contribution in [-0.2, 0) is 11.2 Å². The third kappa shape index (κ3) is 3.02. The van der Waals surface area contributed by atoms with Crippen molar-refractivity contribution < 1.29 is 4.79 Å². The van der Waals surface area contributed by atoms with E-state index in [1.165, 1.54) is 0 Å². The predicted molar refractivity (Wildman–Crippen MR) is 82.4 cm³/mol. The van der Waals surface area contributed by atoms with Gasteiger partial charge in [0.2, 0.25) is 5.91 Å². The Morgan fingerprint density at radius 3 is 2.52 bits per heavy atom. The van der Waals surface area contributed by atoms with E-state index in [2.05, 4.69) is 15.3 Å². The number of fused-ring (bicyclic) bond motifs is 1. The summed E-state index contributed by atoms with van der Waals surface area (Å²) in [6.07, 6.45) is 0.261. The van der Waals surface area contributed by atoms with Crippen LogP contribution in [0.25, 0.3) is 11.0 Å². The molecule has 0 unspecified atom stereocenters. The Morgan fingerprint density at radius 1 is 1.05 bits per heavy atom. The van der Waals surface area contributed by atoms with Gasteiger partial charge in [-0.05, 0) is 36.8 Å². The summed E-state index contributed by atoms with van der Waals surface area (Å²) in [6, 6.07) is 13.1. The number of aromatic amines is 2. The second-order valence-electron chi connectivity index (χ2n) is 5.05. The van der Waals surface area contributed by atoms with Gasteiger partial charge in [0, 0.05) is 5.69 Å². The first kappa shape index (κ1) is 13.2. The van der Waals surface area contributed by atoms with Gasteiger partial charge in [-0.1, -0.05) is 23.8 Å². The normalized spacial score (nSPS) is 10.7. The second kappa shape index (κ2) is 5.28. The lowest BCUT2D eigenvalue weighted by atomic mass is 10.1. The number of nitrogens with one attached hydrogen (secondary N) is 3. The molecule has 2 aromatic carbocycles. The first-order valence-corrected chi connectivity index (χ1v) is 6.67. The van der Waals surface area contributed by atoms with E-state index in [-0.39, 0.29) is 18.0 Å². The molecule has 0 atom stereocenters. The van der Waals surface area contributed by atoms with Crippen molar-refractivity contribution in [2.45, 2.75) is 13.3 Å². The molecule has 0 aliphatic rings. The minimum absolute atomic E-state index is 0.0870. The number of benzene rings is 2. The van der Waals surface area contributed by atoms with Crippen molar-refractivity contribution >= 4 is 22.6 Å². The summed E-state index contributed by atoms with van der Waals surface area (Å²) < 4.78 is 0. The number of aryl methyl sites for hydroxylation is 1. The van der Waals surface area contributed by atoms with Crippen LogP contribution in [0.3, 0.4) is 0 Å². The van der Waals surface area contributed by atoms with E-state index in [0.29, 0.717) is 5.52 Å². The average Bonchev–Trinajstić information content (AvgIpc) is 2.80. The average molecular weight is 281 g/mol. The van der Waals surface area contributed by atoms with Crippen molar-refractivity contribution in [3.8, 4) is 0 Å². The first-order chi connectivity index (χ1) is 10.1. The molecule has 3 aromatic rings. The summed E-state index contributed by atoms with van der Waals surface area (Å²) in [7, 11) is 0. The summed E-state index contributed by atoms with van der Waals surface area (Å²) in [5, 5.41) is 2.85. The second-order valence-corrected chi connectivity index (χ2v) is 5.05. The van der Waals surface area contributed by atoms with Crippen LogP contribution in [0.2, 0.25) is 0 Å². The zero-order chi connectivity index (χ0) is 14.8. The molecule has 0 bridgehead atoms. The molecule has 0 aliphatic heterocycles. The van der Waals surface area contributed by atoms with Gasteiger partial charge in [-0.2, -0.15) is 0 Å². The summed E-state index contributed by atoms with van der Waals surface area (Å²) in [5.74, 6) is -0.0870. The van der Waals surface area contributed by atoms with Gasteiger partial charge in [-0.25, -0.2) is 4.79 Å². The van der Waals surface area contributed by atoms with E-state index in [0.717, 1.165) is 22.3 Å². The highest BCUT2D eigenvalue weighted by molar-refractivity contribution is 5.92. The highest BCUT2D eigenvalue weighted by Gasteiger charge is 2.06. The third-order valence-electron chi connectivity index (χ3n) is 3.28. The number of rotatable bonds is 3. The lowest BCUT2D eigenvalue weighted by Crippen LogP contribution is -2.14. The number of carbonyl (C=O) groups excluding carboxylic acids is 1. The molecule has 21 heavy (non-hydrogen) atoms. The molecule has 5 nitrogen and oxygen atoms in total. The lowest BCUT2D eigenvalue weighted by molar-refractivity contribution is -0.115. The topological polar surface area (TPSA) is 77.8 Å². The molecule has 3 rings (SSSR count). The Labute approximate surface area is 121 Å². The van der Waals surface area contributed by atoms with E-state index >= 15 is 0 Å². The van der Waals surface area contributed by atoms with E-state index < -0.39 is 0 Å². The number of hydrogen-bond donors (Lipinski definition) is 3. The molecular formula is C16H15N3O2. The molecule has 0 saturated carbocycles. The SMILES string of the molecule is Cc1ccc(NC(=O)Cc2ccc3[nH]c(=O)[nH]c3c2)cc1. The maximum Gasteiger partial charge on any atom is 0.323 e. The fourth-order valence-electron chi connectivity index (χ4n) is 2.22. The molecular weight excluding hydrogens is 266 g/mol. The van der Waals surface area contributed by atoms with Crippen LogP contribution in [0.15, 0.2) is 47.3 Å². The largest absolute Gasteiger partial charge is 0.326 e. The Balaban J connectivity index is 1.73. The van der Waals surface area contributed by atoms with Gasteiger partial charge < -0.3 is 15.3 Å². The van der Waals surface area contributed by atoms with Gasteiger partial charge in [0.15, 0.2) is 0 Å². The summed E-state index contributed by atoms with van der Waals surface area (Å²) >= 11 is 0. The van der Waals surface area contributed by atoms with Crippen molar-refractivity contribution in [3.05, 3.63) is 64.1 Å². The Bertz CT molecular complexity index is 844.